The first-order valence-corrected chi connectivity index (χ1v) is 11.7. The molecule has 0 spiro atoms. The van der Waals surface area contributed by atoms with Crippen LogP contribution in [0, 0.1) is 11.3 Å². The van der Waals surface area contributed by atoms with Crippen molar-refractivity contribution >= 4 is 27.7 Å². The van der Waals surface area contributed by atoms with Crippen LogP contribution in [0.15, 0.2) is 64.6 Å². The number of anilines is 1. The number of aryl methyl sites for hydroxylation is 1. The number of aliphatic imine (C=N–C) groups is 2. The minimum Gasteiger partial charge on any atom is -0.369 e. The van der Waals surface area contributed by atoms with Gasteiger partial charge in [-0.3, -0.25) is 9.45 Å². The first-order chi connectivity index (χ1) is 15.2. The summed E-state index contributed by atoms with van der Waals surface area (Å²) in [6, 6.07) is 20.5. The van der Waals surface area contributed by atoms with E-state index in [-0.39, 0.29) is 17.6 Å². The average Bonchev–Trinajstić information content (AvgIpc) is 2.77. The summed E-state index contributed by atoms with van der Waals surface area (Å²) < 4.78 is 26.9. The van der Waals surface area contributed by atoms with Gasteiger partial charge in [0.15, 0.2) is 0 Å². The van der Waals surface area contributed by atoms with Crippen molar-refractivity contribution in [2.75, 3.05) is 17.3 Å². The summed E-state index contributed by atoms with van der Waals surface area (Å²) >= 11 is 0. The van der Waals surface area contributed by atoms with E-state index < -0.39 is 10.1 Å². The molecule has 170 valence electrons. The van der Waals surface area contributed by atoms with Crippen LogP contribution >= 0.6 is 0 Å². The molecule has 2 aromatic rings. The monoisotopic (exact) mass is 456 g/mol. The Morgan fingerprint density at radius 3 is 2.47 bits per heavy atom. The molecule has 1 atom stereocenters. The number of benzene rings is 2. The zero-order valence-electron chi connectivity index (χ0n) is 17.9. The maximum Gasteiger partial charge on any atom is 0.264 e. The lowest BCUT2D eigenvalue weighted by Crippen LogP contribution is -2.42. The van der Waals surface area contributed by atoms with E-state index in [0.29, 0.717) is 12.6 Å². The summed E-state index contributed by atoms with van der Waals surface area (Å²) in [4.78, 5) is 9.95. The van der Waals surface area contributed by atoms with Crippen LogP contribution in [0.25, 0.3) is 0 Å². The topological polar surface area (TPSA) is 158 Å². The van der Waals surface area contributed by atoms with Gasteiger partial charge in [0, 0.05) is 5.69 Å². The summed E-state index contributed by atoms with van der Waals surface area (Å²) in [5.74, 6) is 0.288. The van der Waals surface area contributed by atoms with Crippen molar-refractivity contribution in [3.8, 4) is 6.07 Å². The van der Waals surface area contributed by atoms with Gasteiger partial charge in [0.05, 0.1) is 17.7 Å². The zero-order chi connectivity index (χ0) is 23.6. The maximum atomic E-state index is 9.56. The second-order valence-corrected chi connectivity index (χ2v) is 8.82. The van der Waals surface area contributed by atoms with Gasteiger partial charge in [0.25, 0.3) is 10.1 Å². The third-order valence-corrected chi connectivity index (χ3v) is 5.51. The van der Waals surface area contributed by atoms with Gasteiger partial charge in [0.2, 0.25) is 11.9 Å². The molecule has 0 fully saturated rings. The highest BCUT2D eigenvalue weighted by Crippen LogP contribution is 2.23. The molecule has 9 nitrogen and oxygen atoms in total. The number of hydrogen-bond acceptors (Lipinski definition) is 8. The lowest BCUT2D eigenvalue weighted by Gasteiger charge is -2.24. The highest BCUT2D eigenvalue weighted by atomic mass is 32.2. The largest absolute Gasteiger partial charge is 0.369 e. The van der Waals surface area contributed by atoms with E-state index in [1.807, 2.05) is 47.4 Å². The highest BCUT2D eigenvalue weighted by Gasteiger charge is 2.15. The van der Waals surface area contributed by atoms with Crippen molar-refractivity contribution in [1.29, 1.82) is 5.26 Å². The Morgan fingerprint density at radius 2 is 1.88 bits per heavy atom. The normalized spacial score (nSPS) is 14.3. The number of guanidine groups is 2. The zero-order valence-corrected chi connectivity index (χ0v) is 18.7. The van der Waals surface area contributed by atoms with Crippen molar-refractivity contribution < 1.29 is 13.0 Å². The van der Waals surface area contributed by atoms with Gasteiger partial charge in [-0.25, -0.2) is 4.99 Å². The molecule has 1 heterocycles. The molecule has 1 aliphatic heterocycles. The molecule has 0 radical (unpaired) electrons. The number of hydrogen-bond donors (Lipinski definition) is 3. The molecular formula is C22H28N6O3S. The molecule has 10 heteroatoms. The van der Waals surface area contributed by atoms with Crippen LogP contribution in [0.2, 0.25) is 0 Å². The Kier molecular flexibility index (Phi) is 9.19. The summed E-state index contributed by atoms with van der Waals surface area (Å²) in [5.41, 5.74) is 14.8. The van der Waals surface area contributed by atoms with Gasteiger partial charge in [-0.15, -0.1) is 0 Å². The third-order valence-electron chi connectivity index (χ3n) is 4.78. The number of nitrogens with two attached hydrogens (primary N) is 2. The fourth-order valence-corrected chi connectivity index (χ4v) is 3.02. The number of nitriles is 1. The van der Waals surface area contributed by atoms with E-state index in [9.17, 15) is 13.7 Å². The van der Waals surface area contributed by atoms with Crippen LogP contribution in [0.5, 0.6) is 0 Å². The Bertz CT molecular complexity index is 1090. The smallest absolute Gasteiger partial charge is 0.264 e. The molecule has 2 aromatic carbocycles. The molecular weight excluding hydrogens is 428 g/mol. The van der Waals surface area contributed by atoms with Crippen LogP contribution < -0.4 is 16.4 Å². The Hall–Kier alpha value is -3.42. The minimum atomic E-state index is -3.66. The first-order valence-electron chi connectivity index (χ1n) is 10.1. The van der Waals surface area contributed by atoms with Gasteiger partial charge >= 0.3 is 0 Å². The lowest BCUT2D eigenvalue weighted by molar-refractivity contribution is 0.484. The molecule has 3 rings (SSSR count). The van der Waals surface area contributed by atoms with Crippen molar-refractivity contribution in [2.24, 2.45) is 21.5 Å². The standard InChI is InChI=1S/C20H22N6.C2H6O3S/c21-13-17(16-8-2-1-3-9-16)10-4-6-15-7-5-11-18(12-15)26-14-24-19(22)25-20(26)23;1-2-6(3,4)5/h1-3,5,7-9,11-12,17H,4,6,10,14H2,(H4,22,23,24,25);2H2,1H3,(H,3,4,5). The van der Waals surface area contributed by atoms with E-state index in [4.69, 9.17) is 16.0 Å². The average molecular weight is 457 g/mol. The summed E-state index contributed by atoms with van der Waals surface area (Å²) in [6.07, 6.45) is 2.67. The maximum absolute atomic E-state index is 9.56. The van der Waals surface area contributed by atoms with Gasteiger partial charge in [0.1, 0.15) is 6.67 Å². The van der Waals surface area contributed by atoms with Crippen LogP contribution in [0.1, 0.15) is 36.8 Å². The molecule has 0 aliphatic carbocycles. The molecule has 1 aliphatic rings. The fraction of sp³-hybridized carbons (Fsp3) is 0.318. The molecule has 1 unspecified atom stereocenters. The molecule has 0 saturated heterocycles. The second kappa shape index (κ2) is 11.8. The SMILES string of the molecule is CCS(=O)(=O)O.N#CC(CCCc1cccc(N2CN=C(N)N=C2N)c1)c1ccccc1. The van der Waals surface area contributed by atoms with Gasteiger partial charge < -0.3 is 11.5 Å². The number of nitrogens with zero attached hydrogens (tertiary/aromatic N) is 4. The number of rotatable bonds is 7. The van der Waals surface area contributed by atoms with Crippen LogP contribution in [-0.2, 0) is 16.5 Å². The van der Waals surface area contributed by atoms with Crippen molar-refractivity contribution in [3.63, 3.8) is 0 Å². The van der Waals surface area contributed by atoms with Crippen molar-refractivity contribution in [1.82, 2.24) is 0 Å². The van der Waals surface area contributed by atoms with Gasteiger partial charge in [-0.2, -0.15) is 18.7 Å². The molecule has 32 heavy (non-hydrogen) atoms. The van der Waals surface area contributed by atoms with Crippen LogP contribution in [-0.4, -0.2) is 37.3 Å². The second-order valence-electron chi connectivity index (χ2n) is 7.08. The molecule has 0 bridgehead atoms. The third kappa shape index (κ3) is 8.02. The van der Waals surface area contributed by atoms with Crippen LogP contribution in [0.3, 0.4) is 0 Å². The van der Waals surface area contributed by atoms with Crippen LogP contribution in [0.4, 0.5) is 5.69 Å². The lowest BCUT2D eigenvalue weighted by atomic mass is 9.94. The van der Waals surface area contributed by atoms with Crippen molar-refractivity contribution in [2.45, 2.75) is 32.1 Å². The van der Waals surface area contributed by atoms with E-state index in [1.165, 1.54) is 12.5 Å². The van der Waals surface area contributed by atoms with E-state index in [1.54, 1.807) is 0 Å². The minimum absolute atomic E-state index is 0.0680. The van der Waals surface area contributed by atoms with Gasteiger partial charge in [-0.1, -0.05) is 42.5 Å². The molecule has 0 saturated carbocycles. The Morgan fingerprint density at radius 1 is 1.19 bits per heavy atom. The predicted molar refractivity (Wildman–Crippen MR) is 127 cm³/mol. The summed E-state index contributed by atoms with van der Waals surface area (Å²) in [6.45, 7) is 1.74. The molecule has 0 amide bonds. The Balaban J connectivity index is 0.000000534. The molecule has 5 N–H and O–H groups in total. The van der Waals surface area contributed by atoms with Gasteiger partial charge in [-0.05, 0) is 49.4 Å². The fourth-order valence-electron chi connectivity index (χ4n) is 3.02. The predicted octanol–water partition coefficient (Wildman–Crippen LogP) is 2.62. The Labute approximate surface area is 188 Å². The van der Waals surface area contributed by atoms with Crippen molar-refractivity contribution in [3.05, 3.63) is 65.7 Å². The quantitative estimate of drug-likeness (QED) is 0.540. The summed E-state index contributed by atoms with van der Waals surface area (Å²) in [7, 11) is -3.66. The van der Waals surface area contributed by atoms with E-state index in [2.05, 4.69) is 28.2 Å². The van der Waals surface area contributed by atoms with E-state index in [0.717, 1.165) is 30.5 Å². The highest BCUT2D eigenvalue weighted by molar-refractivity contribution is 7.85. The van der Waals surface area contributed by atoms with E-state index >= 15 is 0 Å². The molecule has 0 aromatic heterocycles. The summed E-state index contributed by atoms with van der Waals surface area (Å²) in [5, 5.41) is 9.44. The first kappa shape index (κ1) is 24.8.